The van der Waals surface area contributed by atoms with Crippen LogP contribution in [0.1, 0.15) is 5.56 Å². The highest BCUT2D eigenvalue weighted by Gasteiger charge is 2.30. The van der Waals surface area contributed by atoms with Crippen molar-refractivity contribution in [3.63, 3.8) is 0 Å². The predicted octanol–water partition coefficient (Wildman–Crippen LogP) is 3.70. The predicted molar refractivity (Wildman–Crippen MR) is 67.1 cm³/mol. The summed E-state index contributed by atoms with van der Waals surface area (Å²) >= 11 is 0. The Balaban J connectivity index is 2.44. The van der Waals surface area contributed by atoms with E-state index >= 15 is 0 Å². The van der Waals surface area contributed by atoms with E-state index in [1.165, 1.54) is 6.07 Å². The van der Waals surface area contributed by atoms with Crippen molar-refractivity contribution in [2.24, 2.45) is 0 Å². The van der Waals surface area contributed by atoms with E-state index in [1.807, 2.05) is 0 Å². The summed E-state index contributed by atoms with van der Waals surface area (Å²) in [4.78, 5) is 14.3. The molecule has 3 aromatic rings. The molecule has 0 aliphatic carbocycles. The van der Waals surface area contributed by atoms with E-state index in [2.05, 4.69) is 4.98 Å². The van der Waals surface area contributed by atoms with Gasteiger partial charge in [-0.15, -0.1) is 0 Å². The van der Waals surface area contributed by atoms with Crippen molar-refractivity contribution < 1.29 is 13.2 Å². The summed E-state index contributed by atoms with van der Waals surface area (Å²) in [6.07, 6.45) is -4.42. The molecule has 0 saturated carbocycles. The second-order valence-electron chi connectivity index (χ2n) is 4.26. The number of fused-ring (bicyclic) bond motifs is 3. The number of hydrogen-bond donors (Lipinski definition) is 1. The molecule has 0 unspecified atom stereocenters. The van der Waals surface area contributed by atoms with Crippen LogP contribution >= 0.6 is 0 Å². The van der Waals surface area contributed by atoms with Gasteiger partial charge in [-0.25, -0.2) is 0 Å². The van der Waals surface area contributed by atoms with E-state index < -0.39 is 11.7 Å². The molecule has 2 nitrogen and oxygen atoms in total. The smallest absolute Gasteiger partial charge is 0.321 e. The van der Waals surface area contributed by atoms with Crippen LogP contribution in [-0.4, -0.2) is 4.98 Å². The zero-order chi connectivity index (χ0) is 13.6. The summed E-state index contributed by atoms with van der Waals surface area (Å²) in [6, 6.07) is 10.2. The van der Waals surface area contributed by atoms with Crippen molar-refractivity contribution >= 4 is 21.7 Å². The van der Waals surface area contributed by atoms with Gasteiger partial charge in [-0.3, -0.25) is 4.79 Å². The quantitative estimate of drug-likeness (QED) is 0.616. The third kappa shape index (κ3) is 1.87. The normalized spacial score (nSPS) is 12.2. The lowest BCUT2D eigenvalue weighted by Gasteiger charge is -2.09. The van der Waals surface area contributed by atoms with Crippen LogP contribution in [0.5, 0.6) is 0 Å². The van der Waals surface area contributed by atoms with Gasteiger partial charge in [0.15, 0.2) is 0 Å². The van der Waals surface area contributed by atoms with Crippen LogP contribution in [0.25, 0.3) is 21.7 Å². The second-order valence-corrected chi connectivity index (χ2v) is 4.26. The van der Waals surface area contributed by atoms with Gasteiger partial charge in [0.2, 0.25) is 0 Å². The van der Waals surface area contributed by atoms with Crippen molar-refractivity contribution in [2.45, 2.75) is 6.18 Å². The summed E-state index contributed by atoms with van der Waals surface area (Å²) in [7, 11) is 0. The Kier molecular flexibility index (Phi) is 2.38. The number of hydrogen-bond acceptors (Lipinski definition) is 1. The first-order chi connectivity index (χ1) is 8.97. The van der Waals surface area contributed by atoms with E-state index in [4.69, 9.17) is 0 Å². The first-order valence-corrected chi connectivity index (χ1v) is 5.59. The molecule has 3 rings (SSSR count). The third-order valence-electron chi connectivity index (χ3n) is 3.06. The molecule has 19 heavy (non-hydrogen) atoms. The summed E-state index contributed by atoms with van der Waals surface area (Å²) in [5.74, 6) is 0. The van der Waals surface area contributed by atoms with Gasteiger partial charge in [0, 0.05) is 16.3 Å². The molecule has 1 aromatic heterocycles. The standard InChI is InChI=1S/C14H8F3NO/c15-14(16,17)8-5-6-10-9-3-1-2-4-11(9)13(19)18-12(10)7-8/h1-7H,(H,18,19). The lowest BCUT2D eigenvalue weighted by atomic mass is 10.0. The maximum absolute atomic E-state index is 12.6. The Morgan fingerprint density at radius 3 is 2.26 bits per heavy atom. The van der Waals surface area contributed by atoms with Gasteiger partial charge in [0.05, 0.1) is 5.56 Å². The summed E-state index contributed by atoms with van der Waals surface area (Å²) in [5, 5.41) is 1.72. The van der Waals surface area contributed by atoms with Crippen LogP contribution in [0.15, 0.2) is 47.3 Å². The van der Waals surface area contributed by atoms with E-state index in [-0.39, 0.29) is 11.1 Å². The van der Waals surface area contributed by atoms with E-state index in [9.17, 15) is 18.0 Å². The molecule has 96 valence electrons. The lowest BCUT2D eigenvalue weighted by molar-refractivity contribution is -0.137. The molecule has 2 aromatic carbocycles. The zero-order valence-electron chi connectivity index (χ0n) is 9.58. The molecule has 1 heterocycles. The third-order valence-corrected chi connectivity index (χ3v) is 3.06. The van der Waals surface area contributed by atoms with Crippen LogP contribution in [0.4, 0.5) is 13.2 Å². The molecule has 0 aliphatic rings. The van der Waals surface area contributed by atoms with Gasteiger partial charge < -0.3 is 4.98 Å². The zero-order valence-corrected chi connectivity index (χ0v) is 9.58. The van der Waals surface area contributed by atoms with Crippen LogP contribution in [-0.2, 0) is 6.18 Å². The Morgan fingerprint density at radius 2 is 1.58 bits per heavy atom. The van der Waals surface area contributed by atoms with Gasteiger partial charge >= 0.3 is 6.18 Å². The van der Waals surface area contributed by atoms with Gasteiger partial charge in [-0.05, 0) is 23.6 Å². The first-order valence-electron chi connectivity index (χ1n) is 5.59. The van der Waals surface area contributed by atoms with Crippen LogP contribution in [0, 0.1) is 0 Å². The van der Waals surface area contributed by atoms with Crippen molar-refractivity contribution in [1.29, 1.82) is 0 Å². The Bertz CT molecular complexity index is 833. The Morgan fingerprint density at radius 1 is 0.895 bits per heavy atom. The number of H-pyrrole nitrogens is 1. The Labute approximate surface area is 105 Å². The van der Waals surface area contributed by atoms with E-state index in [1.54, 1.807) is 24.3 Å². The van der Waals surface area contributed by atoms with E-state index in [0.29, 0.717) is 16.2 Å². The van der Waals surface area contributed by atoms with Crippen LogP contribution in [0.3, 0.4) is 0 Å². The van der Waals surface area contributed by atoms with Gasteiger partial charge in [0.1, 0.15) is 0 Å². The molecule has 0 amide bonds. The molecule has 0 spiro atoms. The van der Waals surface area contributed by atoms with Crippen LogP contribution < -0.4 is 5.56 Å². The molecule has 5 heteroatoms. The number of aromatic amines is 1. The monoisotopic (exact) mass is 263 g/mol. The fourth-order valence-corrected chi connectivity index (χ4v) is 2.16. The fourth-order valence-electron chi connectivity index (χ4n) is 2.16. The van der Waals surface area contributed by atoms with Crippen molar-refractivity contribution in [2.75, 3.05) is 0 Å². The van der Waals surface area contributed by atoms with Crippen molar-refractivity contribution in [1.82, 2.24) is 4.98 Å². The highest BCUT2D eigenvalue weighted by molar-refractivity contribution is 6.05. The molecule has 1 N–H and O–H groups in total. The average molecular weight is 263 g/mol. The molecule has 0 atom stereocenters. The molecular weight excluding hydrogens is 255 g/mol. The molecule has 0 saturated heterocycles. The highest BCUT2D eigenvalue weighted by atomic mass is 19.4. The fraction of sp³-hybridized carbons (Fsp3) is 0.0714. The average Bonchev–Trinajstić information content (AvgIpc) is 2.37. The maximum atomic E-state index is 12.6. The number of halogens is 3. The minimum atomic E-state index is -4.42. The molecule has 0 radical (unpaired) electrons. The highest BCUT2D eigenvalue weighted by Crippen LogP contribution is 2.32. The minimum absolute atomic E-state index is 0.193. The molecule has 0 bridgehead atoms. The number of alkyl halides is 3. The largest absolute Gasteiger partial charge is 0.416 e. The number of pyridine rings is 1. The summed E-state index contributed by atoms with van der Waals surface area (Å²) in [5.41, 5.74) is -0.966. The van der Waals surface area contributed by atoms with Crippen molar-refractivity contribution in [3.8, 4) is 0 Å². The van der Waals surface area contributed by atoms with E-state index in [0.717, 1.165) is 12.1 Å². The number of nitrogens with one attached hydrogen (secondary N) is 1. The number of benzene rings is 2. The molecular formula is C14H8F3NO. The van der Waals surface area contributed by atoms with Gasteiger partial charge in [-0.1, -0.05) is 24.3 Å². The number of rotatable bonds is 0. The lowest BCUT2D eigenvalue weighted by Crippen LogP contribution is -2.08. The maximum Gasteiger partial charge on any atom is 0.416 e. The summed E-state index contributed by atoms with van der Waals surface area (Å²) in [6.45, 7) is 0. The van der Waals surface area contributed by atoms with Gasteiger partial charge in [0.25, 0.3) is 5.56 Å². The SMILES string of the molecule is O=c1[nH]c2cc(C(F)(F)F)ccc2c2ccccc12. The minimum Gasteiger partial charge on any atom is -0.321 e. The summed E-state index contributed by atoms with van der Waals surface area (Å²) < 4.78 is 37.9. The molecule has 0 aliphatic heterocycles. The van der Waals surface area contributed by atoms with Crippen molar-refractivity contribution in [3.05, 3.63) is 58.4 Å². The number of aromatic nitrogens is 1. The Hall–Kier alpha value is -2.30. The van der Waals surface area contributed by atoms with Crippen LogP contribution in [0.2, 0.25) is 0 Å². The van der Waals surface area contributed by atoms with Gasteiger partial charge in [-0.2, -0.15) is 13.2 Å². The molecule has 0 fully saturated rings. The first kappa shape index (κ1) is 11.8. The topological polar surface area (TPSA) is 32.9 Å². The second kappa shape index (κ2) is 3.85.